The molecule has 2 rings (SSSR count). The second-order valence-corrected chi connectivity index (χ2v) is 25.1. The first-order valence-corrected chi connectivity index (χ1v) is 21.5. The van der Waals surface area contributed by atoms with Gasteiger partial charge in [0, 0.05) is 18.9 Å². The van der Waals surface area contributed by atoms with Crippen LogP contribution in [0.3, 0.4) is 0 Å². The van der Waals surface area contributed by atoms with Crippen LogP contribution in [0.4, 0.5) is 0 Å². The van der Waals surface area contributed by atoms with Gasteiger partial charge in [0.2, 0.25) is 0 Å². The predicted molar refractivity (Wildman–Crippen MR) is 174 cm³/mol. The molecule has 2 aliphatic rings. The molecular formula is C34H62O3Si2. The van der Waals surface area contributed by atoms with Gasteiger partial charge in [-0.25, -0.2) is 0 Å². The minimum Gasteiger partial charge on any atom is -0.417 e. The van der Waals surface area contributed by atoms with Crippen molar-refractivity contribution in [3.63, 3.8) is 0 Å². The van der Waals surface area contributed by atoms with E-state index in [0.717, 1.165) is 32.3 Å². The lowest BCUT2D eigenvalue weighted by Gasteiger charge is -2.40. The Kier molecular flexibility index (Phi) is 12.4. The highest BCUT2D eigenvalue weighted by Crippen LogP contribution is 2.53. The van der Waals surface area contributed by atoms with Crippen LogP contribution in [0.25, 0.3) is 0 Å². The average molecular weight is 575 g/mol. The van der Waals surface area contributed by atoms with E-state index in [-0.39, 0.29) is 22.1 Å². The summed E-state index contributed by atoms with van der Waals surface area (Å²) in [7, 11) is -3.51. The molecule has 0 bridgehead atoms. The predicted octanol–water partition coefficient (Wildman–Crippen LogP) is 9.51. The summed E-state index contributed by atoms with van der Waals surface area (Å²) in [6.45, 7) is 28.2. The monoisotopic (exact) mass is 574 g/mol. The molecule has 3 nitrogen and oxygen atoms in total. The minimum atomic E-state index is -1.87. The van der Waals surface area contributed by atoms with Gasteiger partial charge in [0.05, 0.1) is 12.2 Å². The summed E-state index contributed by atoms with van der Waals surface area (Å²) in [5, 5.41) is 11.3. The average Bonchev–Trinajstić information content (AvgIpc) is 3.33. The molecule has 6 atom stereocenters. The molecule has 0 heterocycles. The molecule has 0 aromatic carbocycles. The quantitative estimate of drug-likeness (QED) is 0.109. The van der Waals surface area contributed by atoms with Crippen molar-refractivity contribution in [2.24, 2.45) is 23.7 Å². The first-order valence-electron chi connectivity index (χ1n) is 15.7. The summed E-state index contributed by atoms with van der Waals surface area (Å²) >= 11 is 0. The second kappa shape index (κ2) is 14.0. The van der Waals surface area contributed by atoms with E-state index < -0.39 is 22.7 Å². The molecule has 224 valence electrons. The third kappa shape index (κ3) is 9.71. The Morgan fingerprint density at radius 3 is 2.23 bits per heavy atom. The summed E-state index contributed by atoms with van der Waals surface area (Å²) in [4.78, 5) is 0. The van der Waals surface area contributed by atoms with Crippen LogP contribution in [0.1, 0.15) is 100 Å². The molecule has 1 N–H and O–H groups in total. The number of unbranched alkanes of at least 4 members (excludes halogenated alkanes) is 2. The highest BCUT2D eigenvalue weighted by atomic mass is 28.4. The highest BCUT2D eigenvalue weighted by Gasteiger charge is 2.49. The number of fused-ring (bicyclic) bond motifs is 1. The van der Waals surface area contributed by atoms with Crippen molar-refractivity contribution in [1.82, 2.24) is 0 Å². The van der Waals surface area contributed by atoms with E-state index in [0.29, 0.717) is 17.8 Å². The van der Waals surface area contributed by atoms with Gasteiger partial charge >= 0.3 is 0 Å². The summed E-state index contributed by atoms with van der Waals surface area (Å²) in [6.07, 6.45) is 14.5. The van der Waals surface area contributed by atoms with Crippen molar-refractivity contribution >= 4 is 16.6 Å². The Balaban J connectivity index is 2.02. The second-order valence-electron chi connectivity index (χ2n) is 15.5. The third-order valence-corrected chi connectivity index (χ3v) is 19.4. The van der Waals surface area contributed by atoms with Crippen molar-refractivity contribution in [3.8, 4) is 11.8 Å². The molecule has 0 aromatic rings. The molecule has 39 heavy (non-hydrogen) atoms. The Hall–Kier alpha value is -0.646. The summed E-state index contributed by atoms with van der Waals surface area (Å²) in [6, 6.07) is 0. The first kappa shape index (κ1) is 34.6. The van der Waals surface area contributed by atoms with Gasteiger partial charge in [0.25, 0.3) is 0 Å². The van der Waals surface area contributed by atoms with Crippen molar-refractivity contribution in [2.75, 3.05) is 6.61 Å². The largest absolute Gasteiger partial charge is 0.417 e. The summed E-state index contributed by atoms with van der Waals surface area (Å²) < 4.78 is 13.4. The zero-order valence-corrected chi connectivity index (χ0v) is 29.6. The van der Waals surface area contributed by atoms with Gasteiger partial charge in [0.1, 0.15) is 0 Å². The topological polar surface area (TPSA) is 38.7 Å². The zero-order valence-electron chi connectivity index (χ0n) is 27.6. The standard InChI is InChI=1S/C34H62O3Si2/c1-13-14-18-26(2)31(35)21-20-29-30-24-27(19-16-15-17-22-36-38(9,10)33(3,4)5)23-28(30)25-32(29)37-39(11,12)34(6,7)8/h19-21,26,28-32,35H,15-18,22-25H2,1-12H3/b21-20+,27-19+/t26-,28-,29+,30-,31+,32?/m0/s1. The molecule has 2 aliphatic carbocycles. The maximum atomic E-state index is 10.8. The fraction of sp³-hybridized carbons (Fsp3) is 0.824. The number of aliphatic hydroxyl groups excluding tert-OH is 1. The number of aliphatic hydroxyl groups is 1. The fourth-order valence-corrected chi connectivity index (χ4v) is 7.96. The van der Waals surface area contributed by atoms with Crippen molar-refractivity contribution < 1.29 is 14.0 Å². The van der Waals surface area contributed by atoms with Gasteiger partial charge in [0.15, 0.2) is 16.6 Å². The fourth-order valence-electron chi connectivity index (χ4n) is 5.51. The van der Waals surface area contributed by atoms with Crippen LogP contribution < -0.4 is 0 Å². The Morgan fingerprint density at radius 2 is 1.64 bits per heavy atom. The molecule has 0 radical (unpaired) electrons. The number of hydrogen-bond donors (Lipinski definition) is 1. The molecular weight excluding hydrogens is 513 g/mol. The van der Waals surface area contributed by atoms with Gasteiger partial charge in [-0.05, 0) is 99.5 Å². The van der Waals surface area contributed by atoms with Crippen molar-refractivity contribution in [2.45, 2.75) is 149 Å². The molecule has 2 saturated carbocycles. The first-order chi connectivity index (χ1) is 17.9. The lowest BCUT2D eigenvalue weighted by molar-refractivity contribution is 0.143. The van der Waals surface area contributed by atoms with E-state index in [1.54, 1.807) is 5.57 Å². The van der Waals surface area contributed by atoms with Crippen LogP contribution in [0.5, 0.6) is 0 Å². The maximum Gasteiger partial charge on any atom is 0.192 e. The lowest BCUT2D eigenvalue weighted by Crippen LogP contribution is -2.45. The Morgan fingerprint density at radius 1 is 1.00 bits per heavy atom. The molecule has 1 unspecified atom stereocenters. The van der Waals surface area contributed by atoms with E-state index in [1.165, 1.54) is 19.3 Å². The third-order valence-electron chi connectivity index (χ3n) is 10.4. The number of hydrogen-bond acceptors (Lipinski definition) is 3. The van der Waals surface area contributed by atoms with Gasteiger partial charge in [-0.1, -0.05) is 72.3 Å². The van der Waals surface area contributed by atoms with Crippen LogP contribution in [0.2, 0.25) is 36.3 Å². The van der Waals surface area contributed by atoms with Crippen LogP contribution in [-0.4, -0.2) is 40.6 Å². The maximum absolute atomic E-state index is 10.8. The lowest BCUT2D eigenvalue weighted by atomic mass is 9.89. The van der Waals surface area contributed by atoms with Crippen LogP contribution in [-0.2, 0) is 8.85 Å². The van der Waals surface area contributed by atoms with Gasteiger partial charge in [-0.15, -0.1) is 11.8 Å². The van der Waals surface area contributed by atoms with Crippen molar-refractivity contribution in [3.05, 3.63) is 23.8 Å². The number of rotatable bonds is 12. The van der Waals surface area contributed by atoms with E-state index >= 15 is 0 Å². The van der Waals surface area contributed by atoms with Gasteiger partial charge < -0.3 is 14.0 Å². The molecule has 0 aliphatic heterocycles. The van der Waals surface area contributed by atoms with E-state index in [2.05, 4.69) is 105 Å². The van der Waals surface area contributed by atoms with Gasteiger partial charge in [-0.2, -0.15) is 0 Å². The van der Waals surface area contributed by atoms with Crippen LogP contribution >= 0.6 is 0 Å². The van der Waals surface area contributed by atoms with Crippen LogP contribution in [0.15, 0.2) is 23.8 Å². The Bertz CT molecular complexity index is 894. The number of allylic oxidation sites excluding steroid dienone is 2. The van der Waals surface area contributed by atoms with E-state index in [1.807, 2.05) is 6.92 Å². The Labute approximate surface area is 244 Å². The summed E-state index contributed by atoms with van der Waals surface area (Å²) in [5.74, 6) is 7.94. The molecule has 0 amide bonds. The molecule has 2 fully saturated rings. The van der Waals surface area contributed by atoms with Crippen LogP contribution in [0, 0.1) is 35.5 Å². The molecule has 0 saturated heterocycles. The van der Waals surface area contributed by atoms with Crippen molar-refractivity contribution in [1.29, 1.82) is 0 Å². The smallest absolute Gasteiger partial charge is 0.192 e. The SMILES string of the molecule is CC#CC[C@H](C)[C@H](O)/C=C/[C@H]1C(O[Si](C)(C)C(C)(C)C)C[C@@H]2C/C(=C\CCCCO[Si](C)(C)C(C)(C)C)C[C@@H]21. The van der Waals surface area contributed by atoms with Gasteiger partial charge in [-0.3, -0.25) is 0 Å². The van der Waals surface area contributed by atoms with E-state index in [9.17, 15) is 5.11 Å². The molecule has 0 aromatic heterocycles. The highest BCUT2D eigenvalue weighted by molar-refractivity contribution is 6.74. The minimum absolute atomic E-state index is 0.144. The zero-order chi connectivity index (χ0) is 29.6. The normalized spacial score (nSPS) is 27.1. The molecule has 0 spiro atoms. The van der Waals surface area contributed by atoms with E-state index in [4.69, 9.17) is 8.85 Å². The summed E-state index contributed by atoms with van der Waals surface area (Å²) in [5.41, 5.74) is 1.65. The molecule has 5 heteroatoms.